The van der Waals surface area contributed by atoms with Gasteiger partial charge in [-0.2, -0.15) is 4.31 Å². The Morgan fingerprint density at radius 2 is 1.72 bits per heavy atom. The molecule has 2 aliphatic heterocycles. The Kier molecular flexibility index (Phi) is 12.4. The fraction of sp³-hybridized carbons (Fsp3) is 0.294. The van der Waals surface area contributed by atoms with Crippen LogP contribution in [-0.4, -0.2) is 136 Å². The number of nitrogens with zero attached hydrogens (tertiary/aromatic N) is 6. The van der Waals surface area contributed by atoms with E-state index in [4.69, 9.17) is 0 Å². The van der Waals surface area contributed by atoms with Crippen LogP contribution in [0.25, 0.3) is 11.3 Å². The summed E-state index contributed by atoms with van der Waals surface area (Å²) in [6, 6.07) is 10.8. The number of aryl methyl sites for hydroxylation is 1. The number of amides is 3. The number of aliphatic hydroxyl groups is 2. The maximum atomic E-state index is 13.8. The minimum absolute atomic E-state index is 0.112. The number of phenols is 1. The number of aromatic hydroxyl groups is 1. The summed E-state index contributed by atoms with van der Waals surface area (Å²) in [5.74, 6) is -3.51. The summed E-state index contributed by atoms with van der Waals surface area (Å²) in [5.41, 5.74) is -0.144. The number of thioether (sulfide) groups is 2. The van der Waals surface area contributed by atoms with Crippen molar-refractivity contribution in [3.05, 3.63) is 93.4 Å². The van der Waals surface area contributed by atoms with Crippen molar-refractivity contribution in [2.45, 2.75) is 27.5 Å². The highest BCUT2D eigenvalue weighted by atomic mass is 32.2. The van der Waals surface area contributed by atoms with Crippen molar-refractivity contribution in [1.29, 1.82) is 0 Å². The van der Waals surface area contributed by atoms with E-state index < -0.39 is 69.9 Å². The Bertz CT molecular complexity index is 2380. The van der Waals surface area contributed by atoms with Crippen LogP contribution in [0.3, 0.4) is 0 Å². The summed E-state index contributed by atoms with van der Waals surface area (Å²) >= 11 is 2.45. The minimum atomic E-state index is -4.04. The number of aromatic amines is 1. The smallest absolute Gasteiger partial charge is 0.352 e. The largest absolute Gasteiger partial charge is 0.508 e. The van der Waals surface area contributed by atoms with Crippen molar-refractivity contribution in [2.75, 3.05) is 37.8 Å². The number of benzene rings is 2. The number of pyridine rings is 1. The molecule has 1 saturated heterocycles. The highest BCUT2D eigenvalue weighted by Gasteiger charge is 2.54. The van der Waals surface area contributed by atoms with Gasteiger partial charge in [-0.1, -0.05) is 36.0 Å². The van der Waals surface area contributed by atoms with Gasteiger partial charge < -0.3 is 36.0 Å². The Balaban J connectivity index is 1.17. The normalized spacial score (nSPS) is 17.2. The first-order valence-corrected chi connectivity index (χ1v) is 20.4. The van der Waals surface area contributed by atoms with Crippen LogP contribution in [0, 0.1) is 0 Å². The Hall–Kier alpha value is -5.59. The van der Waals surface area contributed by atoms with Gasteiger partial charge in [0.25, 0.3) is 17.4 Å². The lowest BCUT2D eigenvalue weighted by Gasteiger charge is -2.49. The van der Waals surface area contributed by atoms with Gasteiger partial charge in [0.15, 0.2) is 0 Å². The molecule has 4 heterocycles. The predicted molar refractivity (Wildman–Crippen MR) is 203 cm³/mol. The van der Waals surface area contributed by atoms with Crippen molar-refractivity contribution < 1.29 is 48.0 Å². The van der Waals surface area contributed by atoms with Crippen molar-refractivity contribution >= 4 is 57.2 Å². The van der Waals surface area contributed by atoms with Gasteiger partial charge in [-0.3, -0.25) is 24.1 Å². The molecule has 20 nitrogen and oxygen atoms in total. The Morgan fingerprint density at radius 3 is 2.32 bits per heavy atom. The average molecular weight is 842 g/mol. The fourth-order valence-electron chi connectivity index (χ4n) is 6.05. The number of hydrogen-bond acceptors (Lipinski definition) is 15. The molecule has 2 aromatic heterocycles. The van der Waals surface area contributed by atoms with Crippen LogP contribution in [-0.2, 0) is 31.5 Å². The van der Waals surface area contributed by atoms with E-state index in [-0.39, 0.29) is 57.8 Å². The number of carboxylic acid groups (broad SMARTS) is 1. The summed E-state index contributed by atoms with van der Waals surface area (Å²) in [7, 11) is -2.41. The number of sulfonamides is 1. The van der Waals surface area contributed by atoms with E-state index in [9.17, 15) is 52.8 Å². The molecule has 2 aliphatic rings. The first kappa shape index (κ1) is 41.1. The SMILES string of the molecule is Cn1nnnc1SCC1=C(C(=O)O)N2C(=O)C(NC(=O)[C@H](NC(=O)c3ccc(-c4ccc(S(=O)(=O)N(CCO)CCO)cc4)[nH]c3=O)c3ccc(O)cc3)[C@H]2SC1. The van der Waals surface area contributed by atoms with Crippen LogP contribution in [0.15, 0.2) is 86.8 Å². The number of aliphatic hydroxyl groups excluding tert-OH is 2. The average Bonchev–Trinajstić information content (AvgIpc) is 3.61. The van der Waals surface area contributed by atoms with Crippen molar-refractivity contribution in [3.63, 3.8) is 0 Å². The maximum absolute atomic E-state index is 13.8. The van der Waals surface area contributed by atoms with E-state index in [1.54, 1.807) is 7.05 Å². The molecular weight excluding hydrogens is 807 g/mol. The van der Waals surface area contributed by atoms with Gasteiger partial charge >= 0.3 is 5.97 Å². The molecule has 0 aliphatic carbocycles. The van der Waals surface area contributed by atoms with Crippen LogP contribution < -0.4 is 16.2 Å². The summed E-state index contributed by atoms with van der Waals surface area (Å²) < 4.78 is 28.3. The van der Waals surface area contributed by atoms with E-state index in [0.717, 1.165) is 9.21 Å². The van der Waals surface area contributed by atoms with Crippen LogP contribution in [0.2, 0.25) is 0 Å². The molecule has 1 fully saturated rings. The standard InChI is InChI=1S/C34H35N9O11S3/c1-41-34(38-39-40-41)56-17-20-16-55-32-26(31(50)43(32)27(20)33(51)52)37-30(49)25(19-2-6-21(46)7-3-19)36-29(48)23-10-11-24(35-28(23)47)18-4-8-22(9-5-18)57(53,54)42(12-14-44)13-15-45/h2-11,25-26,32,44-46H,12-17H2,1H3,(H,35,47)(H,36,48)(H,37,49)(H,51,52)/t25-,26?,32-/m1/s1. The molecule has 4 aromatic rings. The Labute approximate surface area is 332 Å². The third-order valence-electron chi connectivity index (χ3n) is 8.92. The zero-order chi connectivity index (χ0) is 41.0. The van der Waals surface area contributed by atoms with Crippen LogP contribution in [0.4, 0.5) is 0 Å². The molecule has 3 atom stereocenters. The lowest BCUT2D eigenvalue weighted by molar-refractivity contribution is -0.151. The second-order valence-corrected chi connectivity index (χ2v) is 16.5. The molecule has 1 unspecified atom stereocenters. The number of β-lactam (4-membered cyclic amide) rings is 1. The topological polar surface area (TPSA) is 290 Å². The maximum Gasteiger partial charge on any atom is 0.352 e. The molecule has 57 heavy (non-hydrogen) atoms. The molecule has 0 saturated carbocycles. The number of hydrogen-bond donors (Lipinski definition) is 7. The molecule has 23 heteroatoms. The number of tetrazole rings is 1. The lowest BCUT2D eigenvalue weighted by Crippen LogP contribution is -2.71. The van der Waals surface area contributed by atoms with Gasteiger partial charge in [-0.05, 0) is 63.5 Å². The molecule has 300 valence electrons. The third-order valence-corrected chi connectivity index (χ3v) is 13.3. The molecule has 0 radical (unpaired) electrons. The van der Waals surface area contributed by atoms with E-state index in [0.29, 0.717) is 16.3 Å². The van der Waals surface area contributed by atoms with Crippen LogP contribution in [0.5, 0.6) is 5.75 Å². The number of aromatic nitrogens is 5. The monoisotopic (exact) mass is 841 g/mol. The van der Waals surface area contributed by atoms with E-state index in [2.05, 4.69) is 31.1 Å². The van der Waals surface area contributed by atoms with E-state index >= 15 is 0 Å². The van der Waals surface area contributed by atoms with Gasteiger partial charge in [0.2, 0.25) is 21.1 Å². The molecule has 0 bridgehead atoms. The number of carbonyl (C=O) groups excluding carboxylic acids is 3. The number of rotatable bonds is 16. The van der Waals surface area contributed by atoms with Gasteiger partial charge in [0.1, 0.15) is 34.5 Å². The number of carboxylic acids is 1. The van der Waals surface area contributed by atoms with Gasteiger partial charge in [0, 0.05) is 37.3 Å². The first-order chi connectivity index (χ1) is 27.2. The highest BCUT2D eigenvalue weighted by molar-refractivity contribution is 8.01. The van der Waals surface area contributed by atoms with Gasteiger partial charge in [-0.25, -0.2) is 17.9 Å². The zero-order valence-electron chi connectivity index (χ0n) is 29.8. The minimum Gasteiger partial charge on any atom is -0.508 e. The summed E-state index contributed by atoms with van der Waals surface area (Å²) in [6.07, 6.45) is 0. The number of carbonyl (C=O) groups is 4. The second kappa shape index (κ2) is 17.3. The first-order valence-electron chi connectivity index (χ1n) is 17.0. The number of H-pyrrole nitrogens is 1. The van der Waals surface area contributed by atoms with Crippen LogP contribution >= 0.6 is 23.5 Å². The van der Waals surface area contributed by atoms with Gasteiger partial charge in [-0.15, -0.1) is 16.9 Å². The Morgan fingerprint density at radius 1 is 1.04 bits per heavy atom. The van der Waals surface area contributed by atoms with E-state index in [1.165, 1.54) is 88.9 Å². The second-order valence-electron chi connectivity index (χ2n) is 12.5. The molecular formula is C34H35N9O11S3. The fourth-order valence-corrected chi connectivity index (χ4v) is 9.81. The molecule has 6 rings (SSSR count). The summed E-state index contributed by atoms with van der Waals surface area (Å²) in [4.78, 5) is 69.9. The molecule has 3 amide bonds. The molecule has 0 spiro atoms. The van der Waals surface area contributed by atoms with E-state index in [1.807, 2.05) is 0 Å². The quantitative estimate of drug-likeness (QED) is 0.0540. The highest BCUT2D eigenvalue weighted by Crippen LogP contribution is 2.41. The molecule has 2 aromatic carbocycles. The van der Waals surface area contributed by atoms with Crippen molar-refractivity contribution in [2.24, 2.45) is 7.05 Å². The van der Waals surface area contributed by atoms with Crippen molar-refractivity contribution in [3.8, 4) is 17.0 Å². The predicted octanol–water partition coefficient (Wildman–Crippen LogP) is -0.752. The molecule has 7 N–H and O–H groups in total. The number of phenolic OH excluding ortho intramolecular Hbond substituents is 1. The lowest BCUT2D eigenvalue weighted by atomic mass is 10.0. The number of aliphatic carboxylic acids is 1. The van der Waals surface area contributed by atoms with Crippen molar-refractivity contribution in [1.82, 2.24) is 45.0 Å². The number of fused-ring (bicyclic) bond motifs is 1. The summed E-state index contributed by atoms with van der Waals surface area (Å²) in [5, 5.41) is 54.4. The third kappa shape index (κ3) is 8.57. The summed E-state index contributed by atoms with van der Waals surface area (Å²) in [6.45, 7) is -1.33. The number of nitrogens with one attached hydrogen (secondary N) is 3. The zero-order valence-corrected chi connectivity index (χ0v) is 32.3. The van der Waals surface area contributed by atoms with Gasteiger partial charge in [0.05, 0.1) is 18.1 Å². The van der Waals surface area contributed by atoms with Crippen LogP contribution in [0.1, 0.15) is 22.0 Å².